The van der Waals surface area contributed by atoms with Crippen LogP contribution in [0.15, 0.2) is 41.1 Å². The van der Waals surface area contributed by atoms with Crippen molar-refractivity contribution in [1.29, 1.82) is 0 Å². The zero-order valence-electron chi connectivity index (χ0n) is 12.4. The molecule has 8 heteroatoms. The molecule has 0 aliphatic rings. The Kier molecular flexibility index (Phi) is 5.13. The molecule has 0 radical (unpaired) electrons. The molecule has 3 aromatic rings. The maximum absolute atomic E-state index is 14.1. The van der Waals surface area contributed by atoms with E-state index in [1.165, 1.54) is 18.5 Å². The second kappa shape index (κ2) is 7.29. The van der Waals surface area contributed by atoms with E-state index in [9.17, 15) is 4.39 Å². The van der Waals surface area contributed by atoms with Crippen LogP contribution in [0.5, 0.6) is 5.75 Å². The molecule has 24 heavy (non-hydrogen) atoms. The highest BCUT2D eigenvalue weighted by atomic mass is 79.9. The van der Waals surface area contributed by atoms with Crippen molar-refractivity contribution in [2.75, 3.05) is 18.5 Å². The van der Waals surface area contributed by atoms with Gasteiger partial charge in [-0.15, -0.1) is 0 Å². The second-order valence-corrected chi connectivity index (χ2v) is 6.17. The first-order chi connectivity index (χ1) is 11.6. The maximum Gasteiger partial charge on any atom is 0.147 e. The molecule has 3 N–H and O–H groups in total. The number of ether oxygens (including phenoxy) is 1. The molecule has 1 aromatic heterocycles. The third-order valence-corrected chi connectivity index (χ3v) is 4.45. The Labute approximate surface area is 151 Å². The summed E-state index contributed by atoms with van der Waals surface area (Å²) in [6, 6.07) is 8.17. The molecule has 0 bridgehead atoms. The maximum atomic E-state index is 14.1. The molecule has 0 saturated carbocycles. The van der Waals surface area contributed by atoms with Crippen LogP contribution in [-0.4, -0.2) is 23.1 Å². The molecular weight excluding hydrogens is 399 g/mol. The summed E-state index contributed by atoms with van der Waals surface area (Å²) in [5, 5.41) is 4.08. The minimum absolute atomic E-state index is 0.228. The van der Waals surface area contributed by atoms with Gasteiger partial charge in [0.05, 0.1) is 16.2 Å². The third kappa shape index (κ3) is 3.58. The summed E-state index contributed by atoms with van der Waals surface area (Å²) in [6.07, 6.45) is 1.40. The quantitative estimate of drug-likeness (QED) is 0.614. The first kappa shape index (κ1) is 16.9. The number of rotatable bonds is 5. The Bertz CT molecular complexity index is 893. The average molecular weight is 412 g/mol. The van der Waals surface area contributed by atoms with Gasteiger partial charge in [0.2, 0.25) is 0 Å². The summed E-state index contributed by atoms with van der Waals surface area (Å²) in [6.45, 7) is 0.850. The number of hydrogen-bond donors (Lipinski definition) is 2. The summed E-state index contributed by atoms with van der Waals surface area (Å²) < 4.78 is 20.1. The fourth-order valence-corrected chi connectivity index (χ4v) is 2.63. The molecule has 3 rings (SSSR count). The monoisotopic (exact) mass is 410 g/mol. The predicted molar refractivity (Wildman–Crippen MR) is 96.5 cm³/mol. The van der Waals surface area contributed by atoms with Gasteiger partial charge in [-0.1, -0.05) is 11.6 Å². The molecule has 0 aliphatic heterocycles. The van der Waals surface area contributed by atoms with Crippen LogP contribution in [-0.2, 0) is 0 Å². The highest BCUT2D eigenvalue weighted by molar-refractivity contribution is 9.10. The van der Waals surface area contributed by atoms with E-state index in [2.05, 4.69) is 31.2 Å². The van der Waals surface area contributed by atoms with Crippen LogP contribution in [0.1, 0.15) is 0 Å². The molecule has 0 amide bonds. The number of halogens is 3. The van der Waals surface area contributed by atoms with Gasteiger partial charge in [0.15, 0.2) is 0 Å². The zero-order chi connectivity index (χ0) is 17.1. The van der Waals surface area contributed by atoms with E-state index in [1.54, 1.807) is 12.1 Å². The van der Waals surface area contributed by atoms with Crippen LogP contribution in [0.25, 0.3) is 10.9 Å². The Morgan fingerprint density at radius 2 is 2.08 bits per heavy atom. The van der Waals surface area contributed by atoms with E-state index in [4.69, 9.17) is 22.1 Å². The Hall–Kier alpha value is -1.96. The van der Waals surface area contributed by atoms with Crippen LogP contribution in [0, 0.1) is 5.82 Å². The third-order valence-electron chi connectivity index (χ3n) is 3.26. The molecular formula is C16H13BrClFN4O. The highest BCUT2D eigenvalue weighted by Crippen LogP contribution is 2.32. The number of nitrogens with zero attached hydrogens (tertiary/aromatic N) is 2. The Morgan fingerprint density at radius 3 is 2.88 bits per heavy atom. The highest BCUT2D eigenvalue weighted by Gasteiger charge is 2.11. The minimum Gasteiger partial charge on any atom is -0.492 e. The summed E-state index contributed by atoms with van der Waals surface area (Å²) in [4.78, 5) is 8.40. The number of hydrogen-bond acceptors (Lipinski definition) is 5. The fraction of sp³-hybridized carbons (Fsp3) is 0.125. The lowest BCUT2D eigenvalue weighted by Gasteiger charge is -2.11. The lowest BCUT2D eigenvalue weighted by molar-refractivity contribution is 0.328. The largest absolute Gasteiger partial charge is 0.492 e. The minimum atomic E-state index is -0.444. The van der Waals surface area contributed by atoms with Gasteiger partial charge < -0.3 is 15.8 Å². The molecule has 0 saturated heterocycles. The topological polar surface area (TPSA) is 73.1 Å². The second-order valence-electron chi connectivity index (χ2n) is 4.91. The summed E-state index contributed by atoms with van der Waals surface area (Å²) in [7, 11) is 0. The van der Waals surface area contributed by atoms with Crippen molar-refractivity contribution in [3.8, 4) is 5.75 Å². The van der Waals surface area contributed by atoms with E-state index in [-0.39, 0.29) is 5.69 Å². The van der Waals surface area contributed by atoms with E-state index in [0.29, 0.717) is 39.7 Å². The SMILES string of the molecule is NCCOc1ccc2c(Nc3cc(Cl)c(Br)cc3F)ncnc2c1. The molecule has 124 valence electrons. The van der Waals surface area contributed by atoms with Crippen LogP contribution < -0.4 is 15.8 Å². The summed E-state index contributed by atoms with van der Waals surface area (Å²) in [5.74, 6) is 0.694. The lowest BCUT2D eigenvalue weighted by atomic mass is 10.2. The van der Waals surface area contributed by atoms with Gasteiger partial charge in [0, 0.05) is 22.5 Å². The standard InChI is InChI=1S/C16H13BrClFN4O/c17-11-6-13(19)15(7-12(11)18)23-16-10-2-1-9(24-4-3-20)5-14(10)21-8-22-16/h1-2,5-8H,3-4,20H2,(H,21,22,23). The van der Waals surface area contributed by atoms with Crippen LogP contribution >= 0.6 is 27.5 Å². The van der Waals surface area contributed by atoms with Gasteiger partial charge in [-0.05, 0) is 40.2 Å². The number of benzene rings is 2. The van der Waals surface area contributed by atoms with Crippen molar-refractivity contribution < 1.29 is 9.13 Å². The van der Waals surface area contributed by atoms with Gasteiger partial charge in [-0.2, -0.15) is 0 Å². The van der Waals surface area contributed by atoms with Crippen LogP contribution in [0.4, 0.5) is 15.9 Å². The van der Waals surface area contributed by atoms with Gasteiger partial charge in [-0.3, -0.25) is 0 Å². The van der Waals surface area contributed by atoms with Crippen molar-refractivity contribution in [3.05, 3.63) is 52.0 Å². The van der Waals surface area contributed by atoms with E-state index < -0.39 is 5.82 Å². The van der Waals surface area contributed by atoms with Crippen molar-refractivity contribution in [2.45, 2.75) is 0 Å². The molecule has 0 spiro atoms. The van der Waals surface area contributed by atoms with Crippen LogP contribution in [0.3, 0.4) is 0 Å². The van der Waals surface area contributed by atoms with Gasteiger partial charge in [0.1, 0.15) is 30.3 Å². The number of fused-ring (bicyclic) bond motifs is 1. The Balaban J connectivity index is 1.96. The van der Waals surface area contributed by atoms with Crippen LogP contribution in [0.2, 0.25) is 5.02 Å². The lowest BCUT2D eigenvalue weighted by Crippen LogP contribution is -2.10. The predicted octanol–water partition coefficient (Wildman–Crippen LogP) is 4.27. The first-order valence-electron chi connectivity index (χ1n) is 7.07. The number of nitrogens with one attached hydrogen (secondary N) is 1. The molecule has 1 heterocycles. The Morgan fingerprint density at radius 1 is 1.25 bits per heavy atom. The molecule has 0 fully saturated rings. The fourth-order valence-electron chi connectivity index (χ4n) is 2.15. The molecule has 0 aliphatic carbocycles. The number of nitrogens with two attached hydrogens (primary N) is 1. The van der Waals surface area contributed by atoms with Gasteiger partial charge in [0.25, 0.3) is 0 Å². The zero-order valence-corrected chi connectivity index (χ0v) is 14.7. The van der Waals surface area contributed by atoms with E-state index >= 15 is 0 Å². The summed E-state index contributed by atoms with van der Waals surface area (Å²) >= 11 is 9.21. The smallest absolute Gasteiger partial charge is 0.147 e. The van der Waals surface area contributed by atoms with E-state index in [1.807, 2.05) is 6.07 Å². The van der Waals surface area contributed by atoms with Crippen molar-refractivity contribution >= 4 is 49.9 Å². The average Bonchev–Trinajstić information content (AvgIpc) is 2.57. The molecule has 0 unspecified atom stereocenters. The van der Waals surface area contributed by atoms with Crippen molar-refractivity contribution in [3.63, 3.8) is 0 Å². The number of anilines is 2. The van der Waals surface area contributed by atoms with Gasteiger partial charge >= 0.3 is 0 Å². The van der Waals surface area contributed by atoms with Crippen molar-refractivity contribution in [2.24, 2.45) is 5.73 Å². The normalized spacial score (nSPS) is 10.8. The first-order valence-corrected chi connectivity index (χ1v) is 8.25. The number of aromatic nitrogens is 2. The molecule has 2 aromatic carbocycles. The summed E-state index contributed by atoms with van der Waals surface area (Å²) in [5.41, 5.74) is 6.33. The molecule has 0 atom stereocenters. The molecule has 5 nitrogen and oxygen atoms in total. The van der Waals surface area contributed by atoms with Gasteiger partial charge in [-0.25, -0.2) is 14.4 Å². The van der Waals surface area contributed by atoms with Crippen molar-refractivity contribution in [1.82, 2.24) is 9.97 Å². The van der Waals surface area contributed by atoms with E-state index in [0.717, 1.165) is 5.39 Å².